The van der Waals surface area contributed by atoms with E-state index in [9.17, 15) is 0 Å². The Morgan fingerprint density at radius 3 is 2.48 bits per heavy atom. The minimum atomic E-state index is 0. The van der Waals surface area contributed by atoms with E-state index in [4.69, 9.17) is 4.74 Å². The van der Waals surface area contributed by atoms with E-state index in [1.807, 2.05) is 13.1 Å². The summed E-state index contributed by atoms with van der Waals surface area (Å²) in [4.78, 5) is 6.86. The van der Waals surface area contributed by atoms with Crippen molar-refractivity contribution in [1.82, 2.24) is 10.2 Å². The number of rotatable bonds is 7. The predicted octanol–water partition coefficient (Wildman–Crippen LogP) is 4.15. The normalized spacial score (nSPS) is 20.9. The fourth-order valence-corrected chi connectivity index (χ4v) is 3.46. The monoisotopic (exact) mass is 459 g/mol. The molecule has 1 aromatic rings. The van der Waals surface area contributed by atoms with Crippen LogP contribution in [0.15, 0.2) is 35.3 Å². The standard InChI is InChI=1S/C20H33N3O.HI/c1-17-13-18(2)15-23(14-17)20(21-3)22-11-7-8-12-24-16-19-9-5-4-6-10-19;/h4-6,9-10,17-18H,7-8,11-16H2,1-3H3,(H,21,22);1H. The molecule has 0 radical (unpaired) electrons. The molecule has 0 aliphatic carbocycles. The number of benzene rings is 1. The van der Waals surface area contributed by atoms with Crippen molar-refractivity contribution in [2.45, 2.75) is 39.7 Å². The van der Waals surface area contributed by atoms with E-state index in [-0.39, 0.29) is 24.0 Å². The Morgan fingerprint density at radius 1 is 1.16 bits per heavy atom. The van der Waals surface area contributed by atoms with Gasteiger partial charge in [-0.2, -0.15) is 0 Å². The lowest BCUT2D eigenvalue weighted by molar-refractivity contribution is 0.117. The molecule has 0 spiro atoms. The Kier molecular flexibility index (Phi) is 11.1. The Hall–Kier alpha value is -0.820. The molecule has 1 heterocycles. The number of hydrogen-bond donors (Lipinski definition) is 1. The molecule has 1 saturated heterocycles. The minimum absolute atomic E-state index is 0. The molecule has 2 unspecified atom stereocenters. The maximum absolute atomic E-state index is 5.73. The van der Waals surface area contributed by atoms with Crippen molar-refractivity contribution in [3.05, 3.63) is 35.9 Å². The summed E-state index contributed by atoms with van der Waals surface area (Å²) in [6.07, 6.45) is 3.50. The van der Waals surface area contributed by atoms with Crippen LogP contribution in [0.2, 0.25) is 0 Å². The van der Waals surface area contributed by atoms with Crippen LogP contribution in [0.5, 0.6) is 0 Å². The molecule has 0 bridgehead atoms. The largest absolute Gasteiger partial charge is 0.377 e. The van der Waals surface area contributed by atoms with E-state index in [0.717, 1.165) is 56.9 Å². The van der Waals surface area contributed by atoms with Crippen molar-refractivity contribution in [3.8, 4) is 0 Å². The number of hydrogen-bond acceptors (Lipinski definition) is 2. The molecule has 0 amide bonds. The van der Waals surface area contributed by atoms with Gasteiger partial charge in [-0.1, -0.05) is 44.2 Å². The molecular weight excluding hydrogens is 425 g/mol. The molecule has 1 aliphatic rings. The molecular formula is C20H34IN3O. The fraction of sp³-hybridized carbons (Fsp3) is 0.650. The number of halogens is 1. The average molecular weight is 459 g/mol. The summed E-state index contributed by atoms with van der Waals surface area (Å²) < 4.78 is 5.73. The van der Waals surface area contributed by atoms with Gasteiger partial charge in [-0.3, -0.25) is 4.99 Å². The van der Waals surface area contributed by atoms with Crippen LogP contribution < -0.4 is 5.32 Å². The second-order valence-electron chi connectivity index (χ2n) is 7.07. The zero-order chi connectivity index (χ0) is 17.2. The van der Waals surface area contributed by atoms with Crippen molar-refractivity contribution in [1.29, 1.82) is 0 Å². The third-order valence-electron chi connectivity index (χ3n) is 4.49. The third kappa shape index (κ3) is 8.40. The number of piperidine rings is 1. The number of ether oxygens (including phenoxy) is 1. The van der Waals surface area contributed by atoms with Gasteiger partial charge in [0.15, 0.2) is 5.96 Å². The number of nitrogens with one attached hydrogen (secondary N) is 1. The van der Waals surface area contributed by atoms with E-state index in [0.29, 0.717) is 6.61 Å². The predicted molar refractivity (Wildman–Crippen MR) is 117 cm³/mol. The molecule has 4 nitrogen and oxygen atoms in total. The van der Waals surface area contributed by atoms with Crippen LogP contribution in [-0.2, 0) is 11.3 Å². The van der Waals surface area contributed by atoms with Crippen LogP contribution in [0.25, 0.3) is 0 Å². The first kappa shape index (κ1) is 22.2. The lowest BCUT2D eigenvalue weighted by Gasteiger charge is -2.37. The van der Waals surface area contributed by atoms with Gasteiger partial charge >= 0.3 is 0 Å². The summed E-state index contributed by atoms with van der Waals surface area (Å²) >= 11 is 0. The highest BCUT2D eigenvalue weighted by Crippen LogP contribution is 2.20. The van der Waals surface area contributed by atoms with Gasteiger partial charge in [0.25, 0.3) is 0 Å². The molecule has 25 heavy (non-hydrogen) atoms. The lowest BCUT2D eigenvalue weighted by atomic mass is 9.92. The van der Waals surface area contributed by atoms with Crippen molar-refractivity contribution >= 4 is 29.9 Å². The zero-order valence-electron chi connectivity index (χ0n) is 15.9. The van der Waals surface area contributed by atoms with E-state index in [2.05, 4.69) is 53.3 Å². The van der Waals surface area contributed by atoms with E-state index < -0.39 is 0 Å². The Balaban J connectivity index is 0.00000312. The summed E-state index contributed by atoms with van der Waals surface area (Å²) in [5, 5.41) is 3.51. The number of unbranched alkanes of at least 4 members (excludes halogenated alkanes) is 1. The van der Waals surface area contributed by atoms with Crippen molar-refractivity contribution in [3.63, 3.8) is 0 Å². The number of nitrogens with zero attached hydrogens (tertiary/aromatic N) is 2. The molecule has 5 heteroatoms. The summed E-state index contributed by atoms with van der Waals surface area (Å²) in [5.41, 5.74) is 1.24. The van der Waals surface area contributed by atoms with Crippen LogP contribution in [-0.4, -0.2) is 44.1 Å². The first-order chi connectivity index (χ1) is 11.7. The highest BCUT2D eigenvalue weighted by Gasteiger charge is 2.23. The van der Waals surface area contributed by atoms with E-state index in [1.165, 1.54) is 12.0 Å². The topological polar surface area (TPSA) is 36.9 Å². The maximum atomic E-state index is 5.73. The molecule has 2 rings (SSSR count). The van der Waals surface area contributed by atoms with Crippen LogP contribution in [0.4, 0.5) is 0 Å². The smallest absolute Gasteiger partial charge is 0.193 e. The van der Waals surface area contributed by atoms with Crippen LogP contribution in [0.1, 0.15) is 38.7 Å². The maximum Gasteiger partial charge on any atom is 0.193 e. The van der Waals surface area contributed by atoms with Crippen molar-refractivity contribution in [2.75, 3.05) is 33.3 Å². The van der Waals surface area contributed by atoms with E-state index in [1.54, 1.807) is 0 Å². The zero-order valence-corrected chi connectivity index (χ0v) is 18.2. The molecule has 0 saturated carbocycles. The summed E-state index contributed by atoms with van der Waals surface area (Å²) in [6, 6.07) is 10.3. The van der Waals surface area contributed by atoms with E-state index >= 15 is 0 Å². The first-order valence-corrected chi connectivity index (χ1v) is 9.26. The van der Waals surface area contributed by atoms with Gasteiger partial charge in [0.05, 0.1) is 6.61 Å². The molecule has 142 valence electrons. The number of aliphatic imine (C=N–C) groups is 1. The molecule has 2 atom stereocenters. The van der Waals surface area contributed by atoms with Gasteiger partial charge in [0.1, 0.15) is 0 Å². The SMILES string of the molecule is CN=C(NCCCCOCc1ccccc1)N1CC(C)CC(C)C1.I. The Labute approximate surface area is 170 Å². The van der Waals surface area contributed by atoms with Gasteiger partial charge in [0.2, 0.25) is 0 Å². The van der Waals surface area contributed by atoms with Gasteiger partial charge < -0.3 is 15.0 Å². The quantitative estimate of drug-likeness (QED) is 0.288. The van der Waals surface area contributed by atoms with Gasteiger partial charge in [-0.05, 0) is 36.7 Å². The molecule has 1 aromatic carbocycles. The van der Waals surface area contributed by atoms with Crippen LogP contribution >= 0.6 is 24.0 Å². The molecule has 1 fully saturated rings. The average Bonchev–Trinajstić information content (AvgIpc) is 2.57. The molecule has 1 aliphatic heterocycles. The minimum Gasteiger partial charge on any atom is -0.377 e. The van der Waals surface area contributed by atoms with Crippen molar-refractivity contribution in [2.24, 2.45) is 16.8 Å². The number of likely N-dealkylation sites (tertiary alicyclic amines) is 1. The van der Waals surface area contributed by atoms with Crippen LogP contribution in [0, 0.1) is 11.8 Å². The molecule has 1 N–H and O–H groups in total. The van der Waals surface area contributed by atoms with Gasteiger partial charge in [-0.15, -0.1) is 24.0 Å². The van der Waals surface area contributed by atoms with Gasteiger partial charge in [-0.25, -0.2) is 0 Å². The number of guanidine groups is 1. The Morgan fingerprint density at radius 2 is 1.84 bits per heavy atom. The van der Waals surface area contributed by atoms with Crippen LogP contribution in [0.3, 0.4) is 0 Å². The molecule has 0 aromatic heterocycles. The van der Waals surface area contributed by atoms with Crippen molar-refractivity contribution < 1.29 is 4.74 Å². The summed E-state index contributed by atoms with van der Waals surface area (Å²) in [6.45, 7) is 9.38. The highest BCUT2D eigenvalue weighted by atomic mass is 127. The lowest BCUT2D eigenvalue weighted by Crippen LogP contribution is -2.48. The summed E-state index contributed by atoms with van der Waals surface area (Å²) in [5.74, 6) is 2.55. The Bertz CT molecular complexity index is 485. The summed E-state index contributed by atoms with van der Waals surface area (Å²) in [7, 11) is 1.88. The second kappa shape index (κ2) is 12.5. The third-order valence-corrected chi connectivity index (χ3v) is 4.49. The first-order valence-electron chi connectivity index (χ1n) is 9.26. The fourth-order valence-electron chi connectivity index (χ4n) is 3.46. The van der Waals surface area contributed by atoms with Gasteiger partial charge in [0, 0.05) is 33.3 Å². The highest BCUT2D eigenvalue weighted by molar-refractivity contribution is 14.0. The second-order valence-corrected chi connectivity index (χ2v) is 7.07.